The molecule has 2 rings (SSSR count). The monoisotopic (exact) mass is 275 g/mol. The van der Waals surface area contributed by atoms with Gasteiger partial charge in [-0.05, 0) is 18.9 Å². The summed E-state index contributed by atoms with van der Waals surface area (Å²) in [5, 5.41) is 6.61. The van der Waals surface area contributed by atoms with Crippen LogP contribution in [-0.2, 0) is 4.79 Å². The summed E-state index contributed by atoms with van der Waals surface area (Å²) >= 11 is 0. The zero-order chi connectivity index (χ0) is 14.4. The van der Waals surface area contributed by atoms with Crippen LogP contribution in [0.15, 0.2) is 30.3 Å². The largest absolute Gasteiger partial charge is 0.314 e. The normalized spacial score (nSPS) is 20.7. The van der Waals surface area contributed by atoms with Crippen molar-refractivity contribution in [1.82, 2.24) is 15.5 Å². The molecule has 1 heterocycles. The summed E-state index contributed by atoms with van der Waals surface area (Å²) in [7, 11) is 0. The highest BCUT2D eigenvalue weighted by atomic mass is 16.2. The van der Waals surface area contributed by atoms with Gasteiger partial charge in [-0.25, -0.2) is 0 Å². The van der Waals surface area contributed by atoms with Gasteiger partial charge in [-0.1, -0.05) is 50.1 Å². The van der Waals surface area contributed by atoms with Gasteiger partial charge in [0.2, 0.25) is 5.91 Å². The number of hydrogen-bond acceptors (Lipinski definition) is 3. The van der Waals surface area contributed by atoms with E-state index < -0.39 is 0 Å². The van der Waals surface area contributed by atoms with E-state index in [1.165, 1.54) is 0 Å². The van der Waals surface area contributed by atoms with Gasteiger partial charge in [0.05, 0.1) is 18.8 Å². The number of hydrogen-bond donors (Lipinski definition) is 2. The maximum atomic E-state index is 12.7. The maximum absolute atomic E-state index is 12.7. The molecule has 2 unspecified atom stereocenters. The molecule has 2 N–H and O–H groups in total. The van der Waals surface area contributed by atoms with E-state index in [4.69, 9.17) is 0 Å². The average Bonchev–Trinajstić information content (AvgIpc) is 2.52. The summed E-state index contributed by atoms with van der Waals surface area (Å²) in [5.74, 6) is 0.0963. The van der Waals surface area contributed by atoms with Gasteiger partial charge in [0.25, 0.3) is 0 Å². The Morgan fingerprint density at radius 3 is 2.85 bits per heavy atom. The highest BCUT2D eigenvalue weighted by Gasteiger charge is 2.29. The smallest absolute Gasteiger partial charge is 0.232 e. The van der Waals surface area contributed by atoms with Crippen LogP contribution in [0.2, 0.25) is 0 Å². The van der Waals surface area contributed by atoms with Crippen molar-refractivity contribution in [2.75, 3.05) is 13.3 Å². The summed E-state index contributed by atoms with van der Waals surface area (Å²) in [6.45, 7) is 5.58. The molecule has 0 aromatic heterocycles. The Morgan fingerprint density at radius 1 is 1.40 bits per heavy atom. The first-order valence-electron chi connectivity index (χ1n) is 7.53. The minimum Gasteiger partial charge on any atom is -0.314 e. The highest BCUT2D eigenvalue weighted by Crippen LogP contribution is 2.20. The predicted molar refractivity (Wildman–Crippen MR) is 81.0 cm³/mol. The third kappa shape index (κ3) is 3.58. The SMILES string of the molecule is CCCCC1NCNCN1C(=O)C(C)c1ccccc1. The first kappa shape index (κ1) is 15.0. The number of rotatable bonds is 5. The number of benzene rings is 1. The summed E-state index contributed by atoms with van der Waals surface area (Å²) in [5.41, 5.74) is 1.08. The molecule has 1 aromatic rings. The minimum absolute atomic E-state index is 0.0953. The Balaban J connectivity index is 2.05. The number of unbranched alkanes of at least 4 members (excludes halogenated alkanes) is 1. The van der Waals surface area contributed by atoms with E-state index in [1.807, 2.05) is 42.2 Å². The second-order valence-electron chi connectivity index (χ2n) is 5.39. The molecule has 0 aliphatic carbocycles. The van der Waals surface area contributed by atoms with Gasteiger partial charge in [0.1, 0.15) is 0 Å². The van der Waals surface area contributed by atoms with Crippen molar-refractivity contribution in [3.05, 3.63) is 35.9 Å². The molecule has 4 heteroatoms. The van der Waals surface area contributed by atoms with Crippen LogP contribution >= 0.6 is 0 Å². The Kier molecular flexibility index (Phi) is 5.56. The zero-order valence-electron chi connectivity index (χ0n) is 12.4. The van der Waals surface area contributed by atoms with E-state index in [9.17, 15) is 4.79 Å². The lowest BCUT2D eigenvalue weighted by Gasteiger charge is -2.38. The topological polar surface area (TPSA) is 44.4 Å². The molecular formula is C16H25N3O. The fourth-order valence-corrected chi connectivity index (χ4v) is 2.61. The van der Waals surface area contributed by atoms with E-state index in [0.717, 1.165) is 31.5 Å². The lowest BCUT2D eigenvalue weighted by atomic mass is 9.99. The van der Waals surface area contributed by atoms with E-state index in [1.54, 1.807) is 0 Å². The van der Waals surface area contributed by atoms with Gasteiger partial charge in [0.15, 0.2) is 0 Å². The number of carbonyl (C=O) groups is 1. The second-order valence-corrected chi connectivity index (χ2v) is 5.39. The van der Waals surface area contributed by atoms with Crippen molar-refractivity contribution in [2.24, 2.45) is 0 Å². The maximum Gasteiger partial charge on any atom is 0.232 e. The summed E-state index contributed by atoms with van der Waals surface area (Å²) < 4.78 is 0. The van der Waals surface area contributed by atoms with Gasteiger partial charge < -0.3 is 4.90 Å². The fourth-order valence-electron chi connectivity index (χ4n) is 2.61. The fraction of sp³-hybridized carbons (Fsp3) is 0.562. The molecular weight excluding hydrogens is 250 g/mol. The van der Waals surface area contributed by atoms with Crippen LogP contribution in [0, 0.1) is 0 Å². The molecule has 4 nitrogen and oxygen atoms in total. The summed E-state index contributed by atoms with van der Waals surface area (Å²) in [6.07, 6.45) is 3.48. The van der Waals surface area contributed by atoms with Crippen LogP contribution in [0.3, 0.4) is 0 Å². The molecule has 0 spiro atoms. The summed E-state index contributed by atoms with van der Waals surface area (Å²) in [4.78, 5) is 14.7. The van der Waals surface area contributed by atoms with E-state index in [0.29, 0.717) is 6.67 Å². The molecule has 1 aromatic carbocycles. The van der Waals surface area contributed by atoms with Crippen LogP contribution in [0.1, 0.15) is 44.6 Å². The third-order valence-electron chi connectivity index (χ3n) is 3.91. The van der Waals surface area contributed by atoms with Crippen molar-refractivity contribution < 1.29 is 4.79 Å². The quantitative estimate of drug-likeness (QED) is 0.866. The molecule has 0 saturated carbocycles. The lowest BCUT2D eigenvalue weighted by molar-refractivity contribution is -0.137. The van der Waals surface area contributed by atoms with Crippen LogP contribution in [0.5, 0.6) is 0 Å². The number of nitrogens with one attached hydrogen (secondary N) is 2. The Labute approximate surface area is 121 Å². The van der Waals surface area contributed by atoms with Gasteiger partial charge in [-0.15, -0.1) is 0 Å². The average molecular weight is 275 g/mol. The molecule has 2 atom stereocenters. The molecule has 1 amide bonds. The first-order valence-corrected chi connectivity index (χ1v) is 7.53. The molecule has 1 aliphatic rings. The standard InChI is InChI=1S/C16H25N3O/c1-3-4-10-15-18-11-17-12-19(15)16(20)13(2)14-8-6-5-7-9-14/h5-9,13,15,17-18H,3-4,10-12H2,1-2H3. The zero-order valence-corrected chi connectivity index (χ0v) is 12.4. The molecule has 0 radical (unpaired) electrons. The van der Waals surface area contributed by atoms with E-state index in [-0.39, 0.29) is 18.0 Å². The Morgan fingerprint density at radius 2 is 2.15 bits per heavy atom. The minimum atomic E-state index is -0.0953. The van der Waals surface area contributed by atoms with Gasteiger partial charge in [0, 0.05) is 6.67 Å². The predicted octanol–water partition coefficient (Wildman–Crippen LogP) is 2.24. The molecule has 1 fully saturated rings. The first-order chi connectivity index (χ1) is 9.74. The molecule has 1 aliphatic heterocycles. The lowest BCUT2D eigenvalue weighted by Crippen LogP contribution is -2.60. The second kappa shape index (κ2) is 7.41. The van der Waals surface area contributed by atoms with Crippen LogP contribution in [0.4, 0.5) is 0 Å². The van der Waals surface area contributed by atoms with E-state index >= 15 is 0 Å². The van der Waals surface area contributed by atoms with Crippen LogP contribution in [-0.4, -0.2) is 30.3 Å². The van der Waals surface area contributed by atoms with E-state index in [2.05, 4.69) is 17.6 Å². The van der Waals surface area contributed by atoms with Gasteiger partial charge in [-0.2, -0.15) is 0 Å². The number of nitrogens with zero attached hydrogens (tertiary/aromatic N) is 1. The number of amides is 1. The molecule has 0 bridgehead atoms. The van der Waals surface area contributed by atoms with Gasteiger partial charge >= 0.3 is 0 Å². The van der Waals surface area contributed by atoms with Crippen molar-refractivity contribution in [3.63, 3.8) is 0 Å². The van der Waals surface area contributed by atoms with Crippen molar-refractivity contribution in [1.29, 1.82) is 0 Å². The highest BCUT2D eigenvalue weighted by molar-refractivity contribution is 5.83. The molecule has 1 saturated heterocycles. The third-order valence-corrected chi connectivity index (χ3v) is 3.91. The Hall–Kier alpha value is -1.39. The summed E-state index contributed by atoms with van der Waals surface area (Å²) in [6, 6.07) is 10.00. The van der Waals surface area contributed by atoms with Gasteiger partial charge in [-0.3, -0.25) is 15.4 Å². The Bertz CT molecular complexity index is 421. The van der Waals surface area contributed by atoms with Crippen molar-refractivity contribution in [3.8, 4) is 0 Å². The molecule has 20 heavy (non-hydrogen) atoms. The van der Waals surface area contributed by atoms with Crippen molar-refractivity contribution in [2.45, 2.75) is 45.2 Å². The van der Waals surface area contributed by atoms with Crippen LogP contribution < -0.4 is 10.6 Å². The molecule has 110 valence electrons. The number of carbonyl (C=O) groups excluding carboxylic acids is 1. The van der Waals surface area contributed by atoms with Crippen molar-refractivity contribution >= 4 is 5.91 Å². The van der Waals surface area contributed by atoms with Crippen LogP contribution in [0.25, 0.3) is 0 Å².